The third-order valence-electron chi connectivity index (χ3n) is 11.4. The number of piperidine rings is 3. The fourth-order valence-corrected chi connectivity index (χ4v) is 8.48. The van der Waals surface area contributed by atoms with Crippen molar-refractivity contribution in [2.45, 2.75) is 57.2 Å². The van der Waals surface area contributed by atoms with Gasteiger partial charge in [0.25, 0.3) is 5.56 Å². The van der Waals surface area contributed by atoms with Crippen molar-refractivity contribution in [3.63, 3.8) is 0 Å². The highest BCUT2D eigenvalue weighted by atomic mass is 35.5. The number of aromatic nitrogens is 1. The van der Waals surface area contributed by atoms with Gasteiger partial charge >= 0.3 is 0 Å². The molecule has 3 aromatic carbocycles. The van der Waals surface area contributed by atoms with E-state index in [1.807, 2.05) is 24.1 Å². The number of fused-ring (bicyclic) bond motifs is 1. The average Bonchev–Trinajstić information content (AvgIpc) is 3.18. The summed E-state index contributed by atoms with van der Waals surface area (Å²) in [5.74, 6) is -1.12. The Morgan fingerprint density at radius 1 is 0.964 bits per heavy atom. The molecular weight excluding hydrogens is 730 g/mol. The maximum atomic E-state index is 15.9. The first kappa shape index (κ1) is 38.3. The molecule has 3 saturated heterocycles. The van der Waals surface area contributed by atoms with E-state index in [2.05, 4.69) is 20.4 Å². The first-order chi connectivity index (χ1) is 26.4. The van der Waals surface area contributed by atoms with Crippen molar-refractivity contribution in [1.82, 2.24) is 19.7 Å². The molecule has 14 heteroatoms. The summed E-state index contributed by atoms with van der Waals surface area (Å²) in [5, 5.41) is 6.82. The fourth-order valence-electron chi connectivity index (χ4n) is 8.18. The molecule has 1 atom stereocenters. The van der Waals surface area contributed by atoms with Gasteiger partial charge < -0.3 is 24.4 Å². The first-order valence-electron chi connectivity index (χ1n) is 18.7. The number of hydrogen-bond acceptors (Lipinski definition) is 8. The molecule has 1 aromatic heterocycles. The number of amides is 3. The van der Waals surface area contributed by atoms with E-state index in [4.69, 9.17) is 16.3 Å². The zero-order valence-electron chi connectivity index (χ0n) is 31.2. The van der Waals surface area contributed by atoms with Crippen LogP contribution in [0.15, 0.2) is 59.5 Å². The van der Waals surface area contributed by atoms with Gasteiger partial charge in [0.05, 0.1) is 17.8 Å². The van der Waals surface area contributed by atoms with E-state index < -0.39 is 17.7 Å². The number of pyridine rings is 1. The molecule has 290 valence electrons. The molecule has 3 fully saturated rings. The Morgan fingerprint density at radius 2 is 1.71 bits per heavy atom. The van der Waals surface area contributed by atoms with Crippen LogP contribution in [-0.2, 0) is 28.0 Å². The number of nitrogens with zero attached hydrogens (tertiary/aromatic N) is 4. The predicted molar refractivity (Wildman–Crippen MR) is 208 cm³/mol. The highest BCUT2D eigenvalue weighted by Crippen LogP contribution is 2.36. The van der Waals surface area contributed by atoms with E-state index >= 15 is 4.39 Å². The van der Waals surface area contributed by atoms with Crippen molar-refractivity contribution >= 4 is 51.5 Å². The second-order valence-electron chi connectivity index (χ2n) is 14.8. The zero-order valence-corrected chi connectivity index (χ0v) is 31.9. The number of hydrogen-bond donors (Lipinski definition) is 2. The number of carbonyl (C=O) groups excluding carboxylic acids is 3. The van der Waals surface area contributed by atoms with E-state index in [1.54, 1.807) is 25.4 Å². The number of nitrogens with one attached hydrogen (secondary N) is 2. The lowest BCUT2D eigenvalue weighted by Crippen LogP contribution is -2.49. The largest absolute Gasteiger partial charge is 0.496 e. The number of anilines is 2. The molecular formula is C41H45ClF2N6O5. The molecule has 4 heterocycles. The van der Waals surface area contributed by atoms with Crippen molar-refractivity contribution in [3.05, 3.63) is 87.3 Å². The zero-order chi connectivity index (χ0) is 39.0. The van der Waals surface area contributed by atoms with Crippen LogP contribution in [0.3, 0.4) is 0 Å². The van der Waals surface area contributed by atoms with Crippen molar-refractivity contribution in [1.29, 1.82) is 0 Å². The predicted octanol–water partition coefficient (Wildman–Crippen LogP) is 5.70. The smallest absolute Gasteiger partial charge is 0.258 e. The van der Waals surface area contributed by atoms with Gasteiger partial charge in [-0.1, -0.05) is 11.6 Å². The number of imide groups is 1. The van der Waals surface area contributed by atoms with Crippen LogP contribution in [0.2, 0.25) is 5.02 Å². The number of ether oxygens (including phenoxy) is 1. The Hall–Kier alpha value is -5.01. The summed E-state index contributed by atoms with van der Waals surface area (Å²) >= 11 is 6.68. The number of benzene rings is 3. The molecule has 3 amide bonds. The lowest BCUT2D eigenvalue weighted by atomic mass is 9.93. The molecule has 2 N–H and O–H groups in total. The number of aryl methyl sites for hydroxylation is 1. The Bertz CT molecular complexity index is 2200. The lowest BCUT2D eigenvalue weighted by Gasteiger charge is -2.40. The van der Waals surface area contributed by atoms with Crippen molar-refractivity contribution in [2.75, 3.05) is 50.6 Å². The van der Waals surface area contributed by atoms with Crippen LogP contribution in [0.1, 0.15) is 44.1 Å². The van der Waals surface area contributed by atoms with E-state index in [0.29, 0.717) is 95.9 Å². The first-order valence-corrected chi connectivity index (χ1v) is 19.1. The number of methoxy groups -OCH3 is 1. The fraction of sp³-hybridized carbons (Fsp3) is 0.415. The molecule has 0 bridgehead atoms. The molecule has 11 nitrogen and oxygen atoms in total. The quantitative estimate of drug-likeness (QED) is 0.208. The Balaban J connectivity index is 0.929. The van der Waals surface area contributed by atoms with Crippen molar-refractivity contribution in [2.24, 2.45) is 13.0 Å². The maximum Gasteiger partial charge on any atom is 0.258 e. The molecule has 7 rings (SSSR count). The molecule has 0 spiro atoms. The van der Waals surface area contributed by atoms with Crippen LogP contribution < -0.4 is 25.8 Å². The summed E-state index contributed by atoms with van der Waals surface area (Å²) < 4.78 is 37.2. The van der Waals surface area contributed by atoms with Crippen LogP contribution in [0.5, 0.6) is 5.75 Å². The van der Waals surface area contributed by atoms with Crippen LogP contribution in [-0.4, -0.2) is 84.5 Å². The van der Waals surface area contributed by atoms with Crippen LogP contribution in [0.25, 0.3) is 21.9 Å². The van der Waals surface area contributed by atoms with Crippen LogP contribution >= 0.6 is 11.6 Å². The van der Waals surface area contributed by atoms with Gasteiger partial charge in [-0.05, 0) is 91.6 Å². The molecule has 0 saturated carbocycles. The van der Waals surface area contributed by atoms with Crippen molar-refractivity contribution in [3.8, 4) is 16.9 Å². The number of likely N-dealkylation sites (tertiary alicyclic amines) is 1. The molecule has 3 aliphatic rings. The molecule has 0 radical (unpaired) electrons. The number of halogens is 3. The van der Waals surface area contributed by atoms with Gasteiger partial charge in [-0.25, -0.2) is 8.78 Å². The monoisotopic (exact) mass is 774 g/mol. The Kier molecular flexibility index (Phi) is 11.1. The van der Waals surface area contributed by atoms with Gasteiger partial charge in [0.15, 0.2) is 0 Å². The van der Waals surface area contributed by atoms with Crippen LogP contribution in [0, 0.1) is 17.6 Å². The second-order valence-corrected chi connectivity index (χ2v) is 15.2. The van der Waals surface area contributed by atoms with E-state index in [-0.39, 0.29) is 41.7 Å². The molecule has 1 unspecified atom stereocenters. The summed E-state index contributed by atoms with van der Waals surface area (Å²) in [5.41, 5.74) is 2.74. The van der Waals surface area contributed by atoms with Gasteiger partial charge in [0.2, 0.25) is 17.7 Å². The minimum absolute atomic E-state index is 0.0770. The molecule has 4 aromatic rings. The summed E-state index contributed by atoms with van der Waals surface area (Å²) in [4.78, 5) is 56.3. The summed E-state index contributed by atoms with van der Waals surface area (Å²) in [6.07, 6.45) is 5.22. The van der Waals surface area contributed by atoms with Gasteiger partial charge in [-0.3, -0.25) is 29.4 Å². The van der Waals surface area contributed by atoms with Gasteiger partial charge in [0, 0.05) is 93.6 Å². The topological polar surface area (TPSA) is 116 Å². The lowest BCUT2D eigenvalue weighted by molar-refractivity contribution is -0.138. The van der Waals surface area contributed by atoms with Gasteiger partial charge in [-0.2, -0.15) is 0 Å². The van der Waals surface area contributed by atoms with Crippen molar-refractivity contribution < 1.29 is 27.9 Å². The minimum Gasteiger partial charge on any atom is -0.496 e. The molecule has 55 heavy (non-hydrogen) atoms. The normalized spacial score (nSPS) is 18.7. The molecule has 0 aliphatic carbocycles. The Morgan fingerprint density at radius 3 is 2.40 bits per heavy atom. The maximum absolute atomic E-state index is 15.9. The van der Waals surface area contributed by atoms with Gasteiger partial charge in [0.1, 0.15) is 23.4 Å². The summed E-state index contributed by atoms with van der Waals surface area (Å²) in [6.45, 7) is 3.07. The number of rotatable bonds is 9. The van der Waals surface area contributed by atoms with Crippen LogP contribution in [0.4, 0.5) is 20.2 Å². The van der Waals surface area contributed by atoms with E-state index in [9.17, 15) is 23.6 Å². The summed E-state index contributed by atoms with van der Waals surface area (Å²) in [7, 11) is 4.99. The van der Waals surface area contributed by atoms with Gasteiger partial charge in [-0.15, -0.1) is 0 Å². The van der Waals surface area contributed by atoms with E-state index in [1.165, 1.54) is 35.9 Å². The average molecular weight is 775 g/mol. The highest BCUT2D eigenvalue weighted by molar-refractivity contribution is 6.33. The number of carbonyl (C=O) groups is 3. The third-order valence-corrected chi connectivity index (χ3v) is 11.7. The summed E-state index contributed by atoms with van der Waals surface area (Å²) in [6, 6.07) is 12.3. The standard InChI is InChI=1S/C41H45ClF2N6O5/c1-47-22-31(30-20-26(43)4-6-29(30)41(47)54)25-18-34(44)32(37(19-25)55-3)23-49-14-12-28(13-15-49)48(2)40(53)24-10-16-50(17-11-24)36-8-5-27(21-33(36)42)45-35-7-9-38(51)46-39(35)52/h4-6,8,18-22,24,28,35,45H,7,9-17,23H2,1-3H3,(H,46,51,52). The van der Waals surface area contributed by atoms with E-state index in [0.717, 1.165) is 18.5 Å². The SMILES string of the molecule is COc1cc(-c2cn(C)c(=O)c3ccc(F)cc23)cc(F)c1CN1CCC(N(C)C(=O)C2CCN(c3ccc(NC4CCC(=O)NC4=O)cc3Cl)CC2)CC1. The highest BCUT2D eigenvalue weighted by Gasteiger charge is 2.33. The second kappa shape index (κ2) is 16.0. The third kappa shape index (κ3) is 8.04. The minimum atomic E-state index is -0.494. The molecule has 3 aliphatic heterocycles. The Labute approximate surface area is 323 Å².